The van der Waals surface area contributed by atoms with Crippen LogP contribution in [0.15, 0.2) is 206 Å². The third-order valence-electron chi connectivity index (χ3n) is 13.4. The summed E-state index contributed by atoms with van der Waals surface area (Å²) in [7, 11) is 0. The Balaban J connectivity index is 1.11. The topological polar surface area (TPSA) is 6.48 Å². The van der Waals surface area contributed by atoms with Crippen LogP contribution in [0.25, 0.3) is 76.8 Å². The molecule has 0 aliphatic rings. The summed E-state index contributed by atoms with van der Waals surface area (Å²) in [5.41, 5.74) is 4.46. The van der Waals surface area contributed by atoms with Gasteiger partial charge in [-0.15, -0.1) is 0 Å². The van der Waals surface area contributed by atoms with Crippen molar-refractivity contribution in [2.45, 2.75) is 0 Å². The van der Waals surface area contributed by atoms with Crippen molar-refractivity contribution in [2.75, 3.05) is 9.80 Å². The van der Waals surface area contributed by atoms with Crippen molar-refractivity contribution in [2.24, 2.45) is 0 Å². The molecule has 0 radical (unpaired) electrons. The molecule has 370 valence electrons. The number of hydrogen-bond acceptors (Lipinski definition) is 2. The monoisotopic (exact) mass is 1020 g/mol. The minimum Gasteiger partial charge on any atom is -0.310 e. The van der Waals surface area contributed by atoms with Crippen molar-refractivity contribution in [1.29, 1.82) is 0 Å². The molecule has 0 aliphatic carbocycles. The molecule has 0 aliphatic heterocycles. The van der Waals surface area contributed by atoms with E-state index >= 15 is 0 Å². The molecule has 0 bridgehead atoms. The molecule has 0 saturated carbocycles. The lowest BCUT2D eigenvalue weighted by atomic mass is 9.91. The highest BCUT2D eigenvalue weighted by Crippen LogP contribution is 2.49. The lowest BCUT2D eigenvalue weighted by molar-refractivity contribution is 0.583. The van der Waals surface area contributed by atoms with Crippen LogP contribution in [0.1, 0.15) is 0 Å². The third-order valence-corrected chi connectivity index (χ3v) is 13.4. The van der Waals surface area contributed by atoms with E-state index in [9.17, 15) is 43.9 Å². The van der Waals surface area contributed by atoms with Gasteiger partial charge >= 0.3 is 0 Å². The molecule has 12 aromatic carbocycles. The maximum absolute atomic E-state index is 14.9. The molecule has 0 heterocycles. The average Bonchev–Trinajstić information content (AvgIpc) is 3.54. The van der Waals surface area contributed by atoms with E-state index < -0.39 is 58.2 Å². The number of benzene rings is 12. The van der Waals surface area contributed by atoms with Gasteiger partial charge in [0.05, 0.1) is 11.4 Å². The standard InChI is InChI=1S/C64H34F10N2/c65-45-5-9-55(10-6-45)75(57-27-37(41-19-47(67)31-48(68)20-41)17-38(28-57)42-21-49(69)32-50(70)22-42)61-16-4-36-2-14-60-62(15-3-35-1-13-59(61)64(36)63(35)60)76(56-11-7-46(66)8-12-56)58-29-39(43-23-51(71)33-52(72)24-43)18-40(30-58)44-25-53(73)34-54(74)26-44/h1-34H. The van der Waals surface area contributed by atoms with Crippen LogP contribution in [0.5, 0.6) is 0 Å². The van der Waals surface area contributed by atoms with Crippen LogP contribution in [-0.4, -0.2) is 0 Å². The molecule has 0 fully saturated rings. The van der Waals surface area contributed by atoms with Gasteiger partial charge in [-0.05, 0) is 212 Å². The van der Waals surface area contributed by atoms with Gasteiger partial charge in [0.15, 0.2) is 0 Å². The van der Waals surface area contributed by atoms with Crippen molar-refractivity contribution in [3.8, 4) is 44.5 Å². The van der Waals surface area contributed by atoms with Gasteiger partial charge in [0.25, 0.3) is 0 Å². The van der Waals surface area contributed by atoms with E-state index in [2.05, 4.69) is 0 Å². The highest BCUT2D eigenvalue weighted by atomic mass is 19.2. The minimum atomic E-state index is -0.852. The first-order valence-electron chi connectivity index (χ1n) is 23.7. The number of halogens is 10. The Morgan fingerprint density at radius 2 is 0.447 bits per heavy atom. The molecule has 0 unspecified atom stereocenters. The smallest absolute Gasteiger partial charge is 0.126 e. The average molecular weight is 1020 g/mol. The fraction of sp³-hybridized carbons (Fsp3) is 0. The van der Waals surface area contributed by atoms with Crippen LogP contribution in [0.4, 0.5) is 78.0 Å². The molecule has 0 N–H and O–H groups in total. The maximum atomic E-state index is 14.9. The summed E-state index contributed by atoms with van der Waals surface area (Å²) < 4.78 is 149. The first-order valence-corrected chi connectivity index (χ1v) is 23.7. The quantitative estimate of drug-likeness (QED) is 0.0995. The van der Waals surface area contributed by atoms with E-state index in [-0.39, 0.29) is 22.3 Å². The fourth-order valence-electron chi connectivity index (χ4n) is 10.2. The molecule has 0 atom stereocenters. The van der Waals surface area contributed by atoms with E-state index in [1.54, 1.807) is 60.7 Å². The molecule has 76 heavy (non-hydrogen) atoms. The highest BCUT2D eigenvalue weighted by Gasteiger charge is 2.25. The normalized spacial score (nSPS) is 11.6. The van der Waals surface area contributed by atoms with Crippen LogP contribution in [0, 0.1) is 58.2 Å². The Kier molecular flexibility index (Phi) is 11.8. The van der Waals surface area contributed by atoms with E-state index in [1.807, 2.05) is 58.3 Å². The van der Waals surface area contributed by atoms with Crippen molar-refractivity contribution in [3.63, 3.8) is 0 Å². The van der Waals surface area contributed by atoms with Crippen molar-refractivity contribution >= 4 is 66.4 Å². The predicted octanol–water partition coefficient (Wildman–Crippen LogP) is 19.6. The van der Waals surface area contributed by atoms with Gasteiger partial charge in [-0.2, -0.15) is 0 Å². The first-order chi connectivity index (χ1) is 36.7. The van der Waals surface area contributed by atoms with Crippen molar-refractivity contribution in [3.05, 3.63) is 264 Å². The van der Waals surface area contributed by atoms with Gasteiger partial charge in [-0.3, -0.25) is 0 Å². The van der Waals surface area contributed by atoms with E-state index in [4.69, 9.17) is 0 Å². The lowest BCUT2D eigenvalue weighted by Gasteiger charge is -2.30. The second kappa shape index (κ2) is 18.8. The maximum Gasteiger partial charge on any atom is 0.126 e. The largest absolute Gasteiger partial charge is 0.310 e. The van der Waals surface area contributed by atoms with Gasteiger partial charge in [0.2, 0.25) is 0 Å². The molecule has 0 spiro atoms. The summed E-state index contributed by atoms with van der Waals surface area (Å²) in [6.45, 7) is 0. The molecule has 0 saturated heterocycles. The summed E-state index contributed by atoms with van der Waals surface area (Å²) in [6, 6.07) is 48.4. The molecule has 12 heteroatoms. The molecule has 0 amide bonds. The molecule has 2 nitrogen and oxygen atoms in total. The number of anilines is 6. The Morgan fingerprint density at radius 1 is 0.197 bits per heavy atom. The van der Waals surface area contributed by atoms with Crippen LogP contribution in [0.2, 0.25) is 0 Å². The molecule has 12 rings (SSSR count). The Hall–Kier alpha value is -9.42. The zero-order valence-corrected chi connectivity index (χ0v) is 39.3. The van der Waals surface area contributed by atoms with Crippen LogP contribution in [0.3, 0.4) is 0 Å². The van der Waals surface area contributed by atoms with Crippen LogP contribution < -0.4 is 9.80 Å². The van der Waals surface area contributed by atoms with E-state index in [0.717, 1.165) is 94.3 Å². The van der Waals surface area contributed by atoms with Gasteiger partial charge in [0.1, 0.15) is 58.2 Å². The number of nitrogens with zero attached hydrogens (tertiary/aromatic N) is 2. The second-order valence-electron chi connectivity index (χ2n) is 18.4. The molecule has 12 aromatic rings. The van der Waals surface area contributed by atoms with Gasteiger partial charge in [-0.25, -0.2) is 43.9 Å². The Bertz CT molecular complexity index is 3760. The Labute approximate surface area is 427 Å². The zero-order chi connectivity index (χ0) is 52.5. The zero-order valence-electron chi connectivity index (χ0n) is 39.3. The number of rotatable bonds is 10. The van der Waals surface area contributed by atoms with E-state index in [1.165, 1.54) is 24.3 Å². The summed E-state index contributed by atoms with van der Waals surface area (Å²) in [6.07, 6.45) is 0. The minimum absolute atomic E-state index is 0.133. The second-order valence-corrected chi connectivity index (χ2v) is 18.4. The molecule has 0 aromatic heterocycles. The third kappa shape index (κ3) is 8.97. The fourth-order valence-corrected chi connectivity index (χ4v) is 10.2. The highest BCUT2D eigenvalue weighted by molar-refractivity contribution is 6.28. The van der Waals surface area contributed by atoms with Gasteiger partial charge in [0, 0.05) is 57.8 Å². The lowest BCUT2D eigenvalue weighted by Crippen LogP contribution is -2.12. The van der Waals surface area contributed by atoms with Crippen LogP contribution in [-0.2, 0) is 0 Å². The summed E-state index contributed by atoms with van der Waals surface area (Å²) in [5, 5.41) is 4.47. The molecular formula is C64H34F10N2. The van der Waals surface area contributed by atoms with Gasteiger partial charge in [-0.1, -0.05) is 36.4 Å². The van der Waals surface area contributed by atoms with Gasteiger partial charge < -0.3 is 9.80 Å². The predicted molar refractivity (Wildman–Crippen MR) is 281 cm³/mol. The van der Waals surface area contributed by atoms with Crippen molar-refractivity contribution < 1.29 is 43.9 Å². The van der Waals surface area contributed by atoms with Crippen molar-refractivity contribution in [1.82, 2.24) is 0 Å². The number of hydrogen-bond donors (Lipinski definition) is 0. The summed E-state index contributed by atoms with van der Waals surface area (Å²) in [4.78, 5) is 3.62. The van der Waals surface area contributed by atoms with E-state index in [0.29, 0.717) is 67.2 Å². The summed E-state index contributed by atoms with van der Waals surface area (Å²) in [5.74, 6) is -7.87. The van der Waals surface area contributed by atoms with Crippen LogP contribution >= 0.6 is 0 Å². The SMILES string of the molecule is Fc1ccc(N(c2cc(-c3cc(F)cc(F)c3)cc(-c3cc(F)cc(F)c3)c2)c2ccc3ccc4c(N(c5ccc(F)cc5)c5cc(-c6cc(F)cc(F)c6)cc(-c6cc(F)cc(F)c6)c5)ccc5ccc2c3c54)cc1. The molecular weight excluding hydrogens is 987 g/mol. The first kappa shape index (κ1) is 47.6. The summed E-state index contributed by atoms with van der Waals surface area (Å²) >= 11 is 0. The Morgan fingerprint density at radius 3 is 0.724 bits per heavy atom.